The van der Waals surface area contributed by atoms with E-state index in [4.69, 9.17) is 4.98 Å². The van der Waals surface area contributed by atoms with Gasteiger partial charge in [0.25, 0.3) is 0 Å². The Morgan fingerprint density at radius 3 is 2.00 bits per heavy atom. The molecule has 4 aromatic rings. The smallest absolute Gasteiger partial charge is 0.124 e. The average Bonchev–Trinajstić information content (AvgIpc) is 3.15. The fraction of sp³-hybridized carbons (Fsp3) is 0.367. The van der Waals surface area contributed by atoms with Crippen LogP contribution in [0.4, 0.5) is 0 Å². The Balaban J connectivity index is 1.79. The van der Waals surface area contributed by atoms with Crippen molar-refractivity contribution in [2.24, 2.45) is 0 Å². The molecule has 4 rings (SSSR count). The monoisotopic (exact) mass is 441 g/mol. The summed E-state index contributed by atoms with van der Waals surface area (Å²) >= 11 is 1.80. The van der Waals surface area contributed by atoms with E-state index in [1.54, 1.807) is 11.3 Å². The molecule has 0 saturated heterocycles. The van der Waals surface area contributed by atoms with Crippen LogP contribution in [0, 0.1) is 6.92 Å². The summed E-state index contributed by atoms with van der Waals surface area (Å²) in [6.45, 7) is 18.1. The summed E-state index contributed by atoms with van der Waals surface area (Å²) < 4.78 is 0. The summed E-state index contributed by atoms with van der Waals surface area (Å²) in [5.74, 6) is 1.04. The summed E-state index contributed by atoms with van der Waals surface area (Å²) in [5, 5.41) is 1.22. The van der Waals surface area contributed by atoms with E-state index in [1.165, 1.54) is 43.6 Å². The van der Waals surface area contributed by atoms with Gasteiger partial charge in [0, 0.05) is 15.8 Å². The molecule has 0 bridgehead atoms. The van der Waals surface area contributed by atoms with Crippen LogP contribution in [0.15, 0.2) is 54.6 Å². The van der Waals surface area contributed by atoms with E-state index >= 15 is 0 Å². The van der Waals surface area contributed by atoms with Crippen LogP contribution in [-0.2, 0) is 5.41 Å². The minimum Gasteiger partial charge on any atom is -0.237 e. The van der Waals surface area contributed by atoms with E-state index in [0.717, 1.165) is 10.5 Å². The standard InChI is InChI=1S/C30H35NS/c1-18(2)22-13-23(19(3)4)15-25(14-22)28-17-21-9-10-27(31-29(21)32-28)24-11-20(5)12-26(16-24)30(6,7)8/h9-19H,1-8H3. The van der Waals surface area contributed by atoms with E-state index in [-0.39, 0.29) is 5.41 Å². The maximum atomic E-state index is 5.09. The largest absolute Gasteiger partial charge is 0.237 e. The van der Waals surface area contributed by atoms with Gasteiger partial charge in [-0.15, -0.1) is 11.3 Å². The molecule has 2 aromatic heterocycles. The number of aryl methyl sites for hydroxylation is 1. The van der Waals surface area contributed by atoms with Gasteiger partial charge >= 0.3 is 0 Å². The van der Waals surface area contributed by atoms with Crippen LogP contribution < -0.4 is 0 Å². The summed E-state index contributed by atoms with van der Waals surface area (Å²) in [4.78, 5) is 7.50. The van der Waals surface area contributed by atoms with E-state index in [1.807, 2.05) is 0 Å². The lowest BCUT2D eigenvalue weighted by atomic mass is 9.85. The molecule has 0 aliphatic carbocycles. The van der Waals surface area contributed by atoms with Gasteiger partial charge in [-0.2, -0.15) is 0 Å². The summed E-state index contributed by atoms with van der Waals surface area (Å²) in [6.07, 6.45) is 0. The highest BCUT2D eigenvalue weighted by atomic mass is 32.1. The summed E-state index contributed by atoms with van der Waals surface area (Å²) in [6, 6.07) is 20.6. The first-order chi connectivity index (χ1) is 15.0. The second-order valence-electron chi connectivity index (χ2n) is 10.7. The molecule has 1 nitrogen and oxygen atoms in total. The van der Waals surface area contributed by atoms with Gasteiger partial charge in [0.1, 0.15) is 4.83 Å². The SMILES string of the molecule is Cc1cc(-c2ccc3cc(-c4cc(C(C)C)cc(C(C)C)c4)sc3n2)cc(C(C)(C)C)c1. The van der Waals surface area contributed by atoms with Gasteiger partial charge in [0.2, 0.25) is 0 Å². The van der Waals surface area contributed by atoms with E-state index in [0.29, 0.717) is 11.8 Å². The Kier molecular flexibility index (Phi) is 6.02. The zero-order valence-electron chi connectivity index (χ0n) is 20.7. The van der Waals surface area contributed by atoms with Crippen molar-refractivity contribution in [2.75, 3.05) is 0 Å². The van der Waals surface area contributed by atoms with Crippen molar-refractivity contribution in [2.45, 2.75) is 72.6 Å². The second-order valence-corrected chi connectivity index (χ2v) is 11.8. The van der Waals surface area contributed by atoms with Crippen LogP contribution in [0.3, 0.4) is 0 Å². The predicted molar refractivity (Wildman–Crippen MR) is 142 cm³/mol. The number of rotatable bonds is 4. The number of hydrogen-bond acceptors (Lipinski definition) is 2. The Morgan fingerprint density at radius 1 is 0.750 bits per heavy atom. The number of benzene rings is 2. The first-order valence-corrected chi connectivity index (χ1v) is 12.5. The molecule has 0 fully saturated rings. The lowest BCUT2D eigenvalue weighted by molar-refractivity contribution is 0.590. The molecule has 0 spiro atoms. The van der Waals surface area contributed by atoms with Crippen LogP contribution in [0.5, 0.6) is 0 Å². The molecule has 0 radical (unpaired) electrons. The highest BCUT2D eigenvalue weighted by molar-refractivity contribution is 7.21. The third-order valence-electron chi connectivity index (χ3n) is 6.22. The van der Waals surface area contributed by atoms with Gasteiger partial charge in [-0.25, -0.2) is 4.98 Å². The molecular formula is C30H35NS. The van der Waals surface area contributed by atoms with Gasteiger partial charge in [-0.1, -0.05) is 78.3 Å². The molecule has 2 aromatic carbocycles. The minimum atomic E-state index is 0.122. The van der Waals surface area contributed by atoms with Crippen molar-refractivity contribution >= 4 is 21.6 Å². The summed E-state index contributed by atoms with van der Waals surface area (Å²) in [5.41, 5.74) is 9.15. The maximum absolute atomic E-state index is 5.09. The normalized spacial score (nSPS) is 12.3. The lowest BCUT2D eigenvalue weighted by Gasteiger charge is -2.20. The van der Waals surface area contributed by atoms with Crippen LogP contribution >= 0.6 is 11.3 Å². The molecule has 0 aliphatic rings. The molecule has 0 N–H and O–H groups in total. The molecule has 0 amide bonds. The third kappa shape index (κ3) is 4.66. The van der Waals surface area contributed by atoms with E-state index in [9.17, 15) is 0 Å². The Bertz CT molecular complexity index is 1240. The third-order valence-corrected chi connectivity index (χ3v) is 7.31. The minimum absolute atomic E-state index is 0.122. The van der Waals surface area contributed by atoms with Gasteiger partial charge in [0.05, 0.1) is 5.69 Å². The molecule has 0 saturated carbocycles. The molecule has 2 heterocycles. The van der Waals surface area contributed by atoms with Gasteiger partial charge in [-0.05, 0) is 76.8 Å². The van der Waals surface area contributed by atoms with Crippen LogP contribution in [0.2, 0.25) is 0 Å². The van der Waals surface area contributed by atoms with Crippen LogP contribution in [0.25, 0.3) is 31.9 Å². The topological polar surface area (TPSA) is 12.9 Å². The molecule has 0 aliphatic heterocycles. The van der Waals surface area contributed by atoms with Crippen molar-refractivity contribution in [3.05, 3.63) is 76.9 Å². The summed E-state index contributed by atoms with van der Waals surface area (Å²) in [7, 11) is 0. The van der Waals surface area contributed by atoms with Crippen molar-refractivity contribution in [1.29, 1.82) is 0 Å². The molecule has 32 heavy (non-hydrogen) atoms. The predicted octanol–water partition coefficient (Wildman–Crippen LogP) is 9.48. The highest BCUT2D eigenvalue weighted by Gasteiger charge is 2.16. The zero-order chi connectivity index (χ0) is 23.2. The highest BCUT2D eigenvalue weighted by Crippen LogP contribution is 2.37. The molecule has 0 atom stereocenters. The molecular weight excluding hydrogens is 406 g/mol. The molecule has 2 heteroatoms. The average molecular weight is 442 g/mol. The maximum Gasteiger partial charge on any atom is 0.124 e. The van der Waals surface area contributed by atoms with Crippen molar-refractivity contribution in [1.82, 2.24) is 4.98 Å². The van der Waals surface area contributed by atoms with Crippen molar-refractivity contribution < 1.29 is 0 Å². The Hall–Kier alpha value is -2.45. The fourth-order valence-corrected chi connectivity index (χ4v) is 5.09. The zero-order valence-corrected chi connectivity index (χ0v) is 21.5. The van der Waals surface area contributed by atoms with Crippen molar-refractivity contribution in [3.8, 4) is 21.7 Å². The number of aromatic nitrogens is 1. The number of pyridine rings is 1. The van der Waals surface area contributed by atoms with E-state index < -0.39 is 0 Å². The van der Waals surface area contributed by atoms with Gasteiger partial charge in [-0.3, -0.25) is 0 Å². The molecule has 0 unspecified atom stereocenters. The molecule has 166 valence electrons. The number of hydrogen-bond donors (Lipinski definition) is 0. The van der Waals surface area contributed by atoms with E-state index in [2.05, 4.69) is 110 Å². The number of nitrogens with zero attached hydrogens (tertiary/aromatic N) is 1. The van der Waals surface area contributed by atoms with Gasteiger partial charge in [0.15, 0.2) is 0 Å². The Labute approximate surface area is 197 Å². The van der Waals surface area contributed by atoms with Gasteiger partial charge < -0.3 is 0 Å². The number of fused-ring (bicyclic) bond motifs is 1. The Morgan fingerprint density at radius 2 is 1.41 bits per heavy atom. The van der Waals surface area contributed by atoms with Crippen LogP contribution in [-0.4, -0.2) is 4.98 Å². The lowest BCUT2D eigenvalue weighted by Crippen LogP contribution is -2.11. The van der Waals surface area contributed by atoms with Crippen molar-refractivity contribution in [3.63, 3.8) is 0 Å². The second kappa shape index (κ2) is 8.48. The number of thiophene rings is 1. The quantitative estimate of drug-likeness (QED) is 0.307. The fourth-order valence-electron chi connectivity index (χ4n) is 4.07. The first kappa shape index (κ1) is 22.7. The first-order valence-electron chi connectivity index (χ1n) is 11.7. The van der Waals surface area contributed by atoms with Crippen LogP contribution in [0.1, 0.15) is 82.6 Å².